The van der Waals surface area contributed by atoms with Crippen LogP contribution in [0.25, 0.3) is 0 Å². The van der Waals surface area contributed by atoms with Gasteiger partial charge in [-0.15, -0.1) is 0 Å². The van der Waals surface area contributed by atoms with E-state index in [-0.39, 0.29) is 12.5 Å². The Kier molecular flexibility index (Phi) is 2.79. The van der Waals surface area contributed by atoms with Crippen LogP contribution in [0.5, 0.6) is 0 Å². The normalized spacial score (nSPS) is 37.2. The van der Waals surface area contributed by atoms with Gasteiger partial charge in [-0.05, 0) is 44.4 Å². The van der Waals surface area contributed by atoms with E-state index in [0.29, 0.717) is 11.8 Å². The third-order valence-electron chi connectivity index (χ3n) is 3.30. The summed E-state index contributed by atoms with van der Waals surface area (Å²) in [6.45, 7) is 6.07. The second-order valence-corrected chi connectivity index (χ2v) is 4.66. The number of hydrogen-bond donors (Lipinski definition) is 2. The molecule has 1 aliphatic rings. The van der Waals surface area contributed by atoms with Crippen LogP contribution in [0.1, 0.15) is 33.6 Å². The third kappa shape index (κ3) is 1.80. The molecule has 0 bridgehead atoms. The highest BCUT2D eigenvalue weighted by Gasteiger charge is 2.40. The van der Waals surface area contributed by atoms with Crippen molar-refractivity contribution in [2.45, 2.75) is 39.2 Å². The van der Waals surface area contributed by atoms with E-state index >= 15 is 0 Å². The van der Waals surface area contributed by atoms with Gasteiger partial charge >= 0.3 is 0 Å². The number of aliphatic hydroxyl groups excluding tert-OH is 1. The molecule has 0 aromatic heterocycles. The average molecular weight is 172 g/mol. The molecule has 0 radical (unpaired) electrons. The Morgan fingerprint density at radius 1 is 1.33 bits per heavy atom. The fraction of sp³-hybridized carbons (Fsp3) is 1.00. The minimum absolute atomic E-state index is 0.218. The second-order valence-electron chi connectivity index (χ2n) is 4.66. The Morgan fingerprint density at radius 2 is 1.92 bits per heavy atom. The highest BCUT2D eigenvalue weighted by molar-refractivity contribution is 4.90. The largest absolute Gasteiger partial charge is 0.396 e. The van der Waals surface area contributed by atoms with Gasteiger partial charge in [0.2, 0.25) is 0 Å². The van der Waals surface area contributed by atoms with Crippen LogP contribution >= 0.6 is 0 Å². The smallest absolute Gasteiger partial charge is 0.0623 e. The molecule has 0 amide bonds. The summed E-state index contributed by atoms with van der Waals surface area (Å²) >= 11 is 0. The van der Waals surface area contributed by atoms with Gasteiger partial charge in [0, 0.05) is 6.61 Å². The summed E-state index contributed by atoms with van der Waals surface area (Å²) in [5, 5.41) is 19.0. The molecule has 1 aliphatic carbocycles. The van der Waals surface area contributed by atoms with Crippen molar-refractivity contribution < 1.29 is 10.2 Å². The molecule has 0 aliphatic heterocycles. The lowest BCUT2D eigenvalue weighted by molar-refractivity contribution is -0.0168. The van der Waals surface area contributed by atoms with E-state index in [9.17, 15) is 5.11 Å². The first kappa shape index (κ1) is 10.0. The molecule has 1 rings (SSSR count). The molecule has 2 N–H and O–H groups in total. The van der Waals surface area contributed by atoms with E-state index in [1.54, 1.807) is 0 Å². The van der Waals surface area contributed by atoms with Gasteiger partial charge in [-0.3, -0.25) is 0 Å². The van der Waals surface area contributed by atoms with Crippen LogP contribution in [0, 0.1) is 17.8 Å². The summed E-state index contributed by atoms with van der Waals surface area (Å²) in [6, 6.07) is 0. The van der Waals surface area contributed by atoms with Crippen LogP contribution in [0.3, 0.4) is 0 Å². The van der Waals surface area contributed by atoms with E-state index in [0.717, 1.165) is 12.8 Å². The van der Waals surface area contributed by atoms with Gasteiger partial charge in [-0.25, -0.2) is 0 Å². The monoisotopic (exact) mass is 172 g/mol. The Hall–Kier alpha value is -0.0800. The molecule has 1 fully saturated rings. The van der Waals surface area contributed by atoms with Crippen LogP contribution in [0.4, 0.5) is 0 Å². The standard InChI is InChI=1S/C10H20O2/c1-7-4-5-9(8(7)6-11)10(2,3)12/h7-9,11-12H,4-6H2,1-3H3/t7-,8+,9+/m0/s1. The number of hydrogen-bond acceptors (Lipinski definition) is 2. The Morgan fingerprint density at radius 3 is 2.25 bits per heavy atom. The van der Waals surface area contributed by atoms with Crippen LogP contribution in [-0.4, -0.2) is 22.4 Å². The van der Waals surface area contributed by atoms with E-state index in [4.69, 9.17) is 5.11 Å². The van der Waals surface area contributed by atoms with Crippen LogP contribution < -0.4 is 0 Å². The van der Waals surface area contributed by atoms with Gasteiger partial charge < -0.3 is 10.2 Å². The highest BCUT2D eigenvalue weighted by Crippen LogP contribution is 2.42. The molecule has 0 unspecified atom stereocenters. The molecule has 0 saturated heterocycles. The first-order chi connectivity index (χ1) is 5.46. The van der Waals surface area contributed by atoms with Crippen molar-refractivity contribution in [2.24, 2.45) is 17.8 Å². The van der Waals surface area contributed by atoms with Crippen molar-refractivity contribution in [3.8, 4) is 0 Å². The minimum atomic E-state index is -0.627. The van der Waals surface area contributed by atoms with Crippen LogP contribution in [0.15, 0.2) is 0 Å². The van der Waals surface area contributed by atoms with Crippen molar-refractivity contribution in [2.75, 3.05) is 6.61 Å². The lowest BCUT2D eigenvalue weighted by Crippen LogP contribution is -2.35. The van der Waals surface area contributed by atoms with Gasteiger partial charge in [0.1, 0.15) is 0 Å². The Labute approximate surface area is 74.6 Å². The summed E-state index contributed by atoms with van der Waals surface area (Å²) in [5.74, 6) is 1.13. The van der Waals surface area contributed by atoms with E-state index in [2.05, 4.69) is 6.92 Å². The molecule has 72 valence electrons. The van der Waals surface area contributed by atoms with Gasteiger partial charge in [0.15, 0.2) is 0 Å². The molecule has 12 heavy (non-hydrogen) atoms. The Bertz CT molecular complexity index is 148. The first-order valence-corrected chi connectivity index (χ1v) is 4.80. The SMILES string of the molecule is C[C@H]1CC[C@@H](C(C)(C)O)[C@@H]1CO. The maximum absolute atomic E-state index is 9.83. The average Bonchev–Trinajstić information content (AvgIpc) is 2.29. The topological polar surface area (TPSA) is 40.5 Å². The zero-order chi connectivity index (χ0) is 9.35. The predicted octanol–water partition coefficient (Wildman–Crippen LogP) is 1.41. The molecular weight excluding hydrogens is 152 g/mol. The summed E-state index contributed by atoms with van der Waals surface area (Å²) in [5.41, 5.74) is -0.627. The fourth-order valence-electron chi connectivity index (χ4n) is 2.45. The highest BCUT2D eigenvalue weighted by atomic mass is 16.3. The molecule has 0 aromatic carbocycles. The third-order valence-corrected chi connectivity index (χ3v) is 3.30. The summed E-state index contributed by atoms with van der Waals surface area (Å²) < 4.78 is 0. The maximum Gasteiger partial charge on any atom is 0.0623 e. The molecule has 0 aromatic rings. The molecule has 2 nitrogen and oxygen atoms in total. The Balaban J connectivity index is 2.67. The molecular formula is C10H20O2. The van der Waals surface area contributed by atoms with Gasteiger partial charge in [-0.2, -0.15) is 0 Å². The fourth-order valence-corrected chi connectivity index (χ4v) is 2.45. The zero-order valence-corrected chi connectivity index (χ0v) is 8.25. The van der Waals surface area contributed by atoms with Crippen molar-refractivity contribution in [1.82, 2.24) is 0 Å². The summed E-state index contributed by atoms with van der Waals surface area (Å²) in [7, 11) is 0. The predicted molar refractivity (Wildman–Crippen MR) is 48.8 cm³/mol. The van der Waals surface area contributed by atoms with Gasteiger partial charge in [0.25, 0.3) is 0 Å². The van der Waals surface area contributed by atoms with E-state index < -0.39 is 5.60 Å². The molecule has 2 heteroatoms. The van der Waals surface area contributed by atoms with Crippen LogP contribution in [0.2, 0.25) is 0 Å². The lowest BCUT2D eigenvalue weighted by Gasteiger charge is -2.31. The zero-order valence-electron chi connectivity index (χ0n) is 8.25. The van der Waals surface area contributed by atoms with Gasteiger partial charge in [-0.1, -0.05) is 6.92 Å². The number of aliphatic hydroxyl groups is 2. The molecule has 0 spiro atoms. The van der Waals surface area contributed by atoms with Crippen molar-refractivity contribution in [3.05, 3.63) is 0 Å². The molecule has 1 saturated carbocycles. The maximum atomic E-state index is 9.83. The van der Waals surface area contributed by atoms with E-state index in [1.807, 2.05) is 13.8 Å². The molecule has 3 atom stereocenters. The summed E-state index contributed by atoms with van der Waals surface area (Å²) in [4.78, 5) is 0. The van der Waals surface area contributed by atoms with E-state index in [1.165, 1.54) is 0 Å². The van der Waals surface area contributed by atoms with Crippen LogP contribution in [-0.2, 0) is 0 Å². The van der Waals surface area contributed by atoms with Crippen molar-refractivity contribution in [3.63, 3.8) is 0 Å². The summed E-state index contributed by atoms with van der Waals surface area (Å²) in [6.07, 6.45) is 2.19. The lowest BCUT2D eigenvalue weighted by atomic mass is 9.81. The number of rotatable bonds is 2. The first-order valence-electron chi connectivity index (χ1n) is 4.80. The second kappa shape index (κ2) is 3.35. The molecule has 0 heterocycles. The van der Waals surface area contributed by atoms with Gasteiger partial charge in [0.05, 0.1) is 5.60 Å². The van der Waals surface area contributed by atoms with Crippen molar-refractivity contribution in [1.29, 1.82) is 0 Å². The van der Waals surface area contributed by atoms with Crippen molar-refractivity contribution >= 4 is 0 Å². The minimum Gasteiger partial charge on any atom is -0.396 e. The quantitative estimate of drug-likeness (QED) is 0.661.